The monoisotopic (exact) mass is 325 g/mol. The highest BCUT2D eigenvalue weighted by atomic mass is 32.1. The van der Waals surface area contributed by atoms with Crippen molar-refractivity contribution in [3.05, 3.63) is 21.4 Å². The largest absolute Gasteiger partial charge is 0.392 e. The van der Waals surface area contributed by atoms with Crippen molar-refractivity contribution in [3.63, 3.8) is 0 Å². The van der Waals surface area contributed by atoms with Crippen molar-refractivity contribution < 1.29 is 4.79 Å². The average molecular weight is 326 g/mol. The molecule has 1 aliphatic heterocycles. The molecule has 2 heterocycles. The van der Waals surface area contributed by atoms with Gasteiger partial charge in [0.25, 0.3) is 5.91 Å². The third-order valence-corrected chi connectivity index (χ3v) is 5.55. The zero-order valence-corrected chi connectivity index (χ0v) is 14.5. The van der Waals surface area contributed by atoms with E-state index in [9.17, 15) is 4.79 Å². The maximum Gasteiger partial charge on any atom is 0.264 e. The molecule has 2 N–H and O–H groups in total. The fourth-order valence-corrected chi connectivity index (χ4v) is 4.03. The highest BCUT2D eigenvalue weighted by Gasteiger charge is 2.27. The molecule has 0 radical (unpaired) electrons. The fourth-order valence-electron chi connectivity index (χ4n) is 2.71. The van der Waals surface area contributed by atoms with Crippen LogP contribution in [0.1, 0.15) is 33.5 Å². The van der Waals surface area contributed by atoms with E-state index >= 15 is 0 Å². The molecule has 0 aliphatic carbocycles. The lowest BCUT2D eigenvalue weighted by atomic mass is 10.1. The van der Waals surface area contributed by atoms with Crippen LogP contribution in [-0.4, -0.2) is 52.9 Å². The molecule has 1 unspecified atom stereocenters. The minimum atomic E-state index is 0.152. The topological polar surface area (TPSA) is 49.6 Å². The minimum absolute atomic E-state index is 0.152. The van der Waals surface area contributed by atoms with E-state index in [1.54, 1.807) is 11.3 Å². The number of thiophene rings is 1. The number of amides is 1. The molecule has 0 bridgehead atoms. The normalized spacial score (nSPS) is 17.8. The van der Waals surface area contributed by atoms with Gasteiger partial charge < -0.3 is 10.6 Å². The summed E-state index contributed by atoms with van der Waals surface area (Å²) < 4.78 is 0. The van der Waals surface area contributed by atoms with Gasteiger partial charge in [0, 0.05) is 31.1 Å². The first kappa shape index (κ1) is 16.4. The van der Waals surface area contributed by atoms with Crippen molar-refractivity contribution in [3.8, 4) is 0 Å². The van der Waals surface area contributed by atoms with Crippen LogP contribution in [-0.2, 0) is 0 Å². The van der Waals surface area contributed by atoms with E-state index in [-0.39, 0.29) is 11.9 Å². The number of nitrogens with zero attached hydrogens (tertiary/aromatic N) is 2. The van der Waals surface area contributed by atoms with Gasteiger partial charge in [0.15, 0.2) is 0 Å². The average Bonchev–Trinajstić information content (AvgIpc) is 2.79. The second kappa shape index (κ2) is 6.85. The van der Waals surface area contributed by atoms with Crippen LogP contribution in [0.15, 0.2) is 6.07 Å². The first-order chi connectivity index (χ1) is 9.93. The summed E-state index contributed by atoms with van der Waals surface area (Å²) >= 11 is 6.72. The molecule has 1 aliphatic rings. The number of thiocarbonyl (C=S) groups is 1. The van der Waals surface area contributed by atoms with Crippen molar-refractivity contribution in [2.24, 2.45) is 5.73 Å². The highest BCUT2D eigenvalue weighted by Crippen LogP contribution is 2.23. The van der Waals surface area contributed by atoms with Crippen LogP contribution in [0.5, 0.6) is 0 Å². The van der Waals surface area contributed by atoms with Gasteiger partial charge in [-0.1, -0.05) is 19.1 Å². The van der Waals surface area contributed by atoms with Crippen LogP contribution in [0.3, 0.4) is 0 Å². The molecule has 1 atom stereocenters. The Morgan fingerprint density at radius 2 is 2.00 bits per heavy atom. The van der Waals surface area contributed by atoms with Crippen molar-refractivity contribution in [2.75, 3.05) is 26.2 Å². The number of rotatable bonds is 4. The number of carbonyl (C=O) groups excluding carboxylic acids is 1. The van der Waals surface area contributed by atoms with Gasteiger partial charge in [0.1, 0.15) is 0 Å². The zero-order valence-electron chi connectivity index (χ0n) is 12.9. The summed E-state index contributed by atoms with van der Waals surface area (Å²) in [7, 11) is 0. The Balaban J connectivity index is 1.97. The lowest BCUT2D eigenvalue weighted by molar-refractivity contribution is 0.0616. The second-order valence-corrected chi connectivity index (χ2v) is 7.23. The summed E-state index contributed by atoms with van der Waals surface area (Å²) in [6.45, 7) is 9.37. The molecule has 0 saturated carbocycles. The third kappa shape index (κ3) is 3.62. The van der Waals surface area contributed by atoms with Gasteiger partial charge in [-0.15, -0.1) is 11.3 Å². The van der Waals surface area contributed by atoms with E-state index in [1.165, 1.54) is 10.4 Å². The predicted octanol–water partition coefficient (Wildman–Crippen LogP) is 2.19. The molecule has 2 rings (SSSR count). The molecular formula is C15H23N3OS2. The van der Waals surface area contributed by atoms with Gasteiger partial charge in [-0.25, -0.2) is 0 Å². The summed E-state index contributed by atoms with van der Waals surface area (Å²) in [6.07, 6.45) is 0.923. The van der Waals surface area contributed by atoms with Gasteiger partial charge in [0.2, 0.25) is 0 Å². The van der Waals surface area contributed by atoms with Crippen molar-refractivity contribution in [2.45, 2.75) is 33.2 Å². The Morgan fingerprint density at radius 3 is 2.43 bits per heavy atom. The van der Waals surface area contributed by atoms with Gasteiger partial charge in [-0.05, 0) is 31.9 Å². The summed E-state index contributed by atoms with van der Waals surface area (Å²) in [5.74, 6) is 0.152. The number of aryl methyl sites for hydroxylation is 2. The van der Waals surface area contributed by atoms with E-state index in [4.69, 9.17) is 18.0 Å². The molecule has 1 fully saturated rings. The fraction of sp³-hybridized carbons (Fsp3) is 0.600. The lowest BCUT2D eigenvalue weighted by Gasteiger charge is -2.38. The lowest BCUT2D eigenvalue weighted by Crippen LogP contribution is -2.54. The van der Waals surface area contributed by atoms with E-state index in [2.05, 4.69) is 25.7 Å². The predicted molar refractivity (Wildman–Crippen MR) is 92.1 cm³/mol. The SMILES string of the molecule is CCC(C(N)=S)N1CCN(C(=O)c2cc(C)c(C)s2)CC1. The summed E-state index contributed by atoms with van der Waals surface area (Å²) in [6, 6.07) is 2.15. The Labute approximate surface area is 135 Å². The summed E-state index contributed by atoms with van der Waals surface area (Å²) in [5, 5.41) is 0. The minimum Gasteiger partial charge on any atom is -0.392 e. The first-order valence-electron chi connectivity index (χ1n) is 7.33. The number of piperazine rings is 1. The first-order valence-corrected chi connectivity index (χ1v) is 8.56. The van der Waals surface area contributed by atoms with E-state index < -0.39 is 0 Å². The van der Waals surface area contributed by atoms with Gasteiger partial charge >= 0.3 is 0 Å². The van der Waals surface area contributed by atoms with Gasteiger partial charge in [0.05, 0.1) is 15.9 Å². The van der Waals surface area contributed by atoms with Crippen LogP contribution in [0.4, 0.5) is 0 Å². The smallest absolute Gasteiger partial charge is 0.264 e. The molecule has 0 spiro atoms. The molecule has 1 aromatic heterocycles. The molecule has 0 aromatic carbocycles. The summed E-state index contributed by atoms with van der Waals surface area (Å²) in [4.78, 5) is 19.4. The van der Waals surface area contributed by atoms with Crippen molar-refractivity contribution in [1.82, 2.24) is 9.80 Å². The number of hydrogen-bond donors (Lipinski definition) is 1. The number of hydrogen-bond acceptors (Lipinski definition) is 4. The molecule has 116 valence electrons. The Hall–Kier alpha value is -0.980. The van der Waals surface area contributed by atoms with Gasteiger partial charge in [-0.2, -0.15) is 0 Å². The quantitative estimate of drug-likeness (QED) is 0.862. The second-order valence-electron chi connectivity index (χ2n) is 5.50. The zero-order chi connectivity index (χ0) is 15.6. The maximum atomic E-state index is 12.5. The summed E-state index contributed by atoms with van der Waals surface area (Å²) in [5.41, 5.74) is 6.99. The molecular weight excluding hydrogens is 302 g/mol. The Bertz CT molecular complexity index is 514. The molecule has 21 heavy (non-hydrogen) atoms. The van der Waals surface area contributed by atoms with Crippen LogP contribution in [0.25, 0.3) is 0 Å². The van der Waals surface area contributed by atoms with Crippen LogP contribution in [0.2, 0.25) is 0 Å². The Kier molecular flexibility index (Phi) is 5.35. The molecule has 1 aromatic rings. The standard InChI is InChI=1S/C15H23N3OS2/c1-4-12(14(16)20)17-5-7-18(8-6-17)15(19)13-9-10(2)11(3)21-13/h9,12H,4-8H2,1-3H3,(H2,16,20). The van der Waals surface area contributed by atoms with Crippen LogP contribution >= 0.6 is 23.6 Å². The number of carbonyl (C=O) groups is 1. The molecule has 1 saturated heterocycles. The van der Waals surface area contributed by atoms with E-state index in [1.807, 2.05) is 11.0 Å². The number of nitrogens with two attached hydrogens (primary N) is 1. The van der Waals surface area contributed by atoms with Crippen molar-refractivity contribution >= 4 is 34.5 Å². The third-order valence-electron chi connectivity index (χ3n) is 4.13. The van der Waals surface area contributed by atoms with Gasteiger partial charge in [-0.3, -0.25) is 9.69 Å². The molecule has 6 heteroatoms. The van der Waals surface area contributed by atoms with Crippen molar-refractivity contribution in [1.29, 1.82) is 0 Å². The maximum absolute atomic E-state index is 12.5. The van der Waals surface area contributed by atoms with E-state index in [0.717, 1.165) is 37.5 Å². The van der Waals surface area contributed by atoms with Crippen LogP contribution < -0.4 is 5.73 Å². The van der Waals surface area contributed by atoms with Crippen LogP contribution in [0, 0.1) is 13.8 Å². The highest BCUT2D eigenvalue weighted by molar-refractivity contribution is 7.80. The van der Waals surface area contributed by atoms with E-state index in [0.29, 0.717) is 4.99 Å². The molecule has 1 amide bonds. The molecule has 4 nitrogen and oxygen atoms in total. The Morgan fingerprint density at radius 1 is 1.38 bits per heavy atom.